The summed E-state index contributed by atoms with van der Waals surface area (Å²) in [4.78, 5) is 4.27. The van der Waals surface area contributed by atoms with Crippen LogP contribution in [-0.4, -0.2) is 43.4 Å². The summed E-state index contributed by atoms with van der Waals surface area (Å²) in [7, 11) is 1.93. The van der Waals surface area contributed by atoms with E-state index >= 15 is 0 Å². The molecule has 1 N–H and O–H groups in total. The highest BCUT2D eigenvalue weighted by atomic mass is 32.1. The van der Waals surface area contributed by atoms with E-state index in [1.807, 2.05) is 18.0 Å². The van der Waals surface area contributed by atoms with Gasteiger partial charge in [-0.1, -0.05) is 18.2 Å². The molecular formula is C20H24FN3OS. The van der Waals surface area contributed by atoms with Gasteiger partial charge in [-0.2, -0.15) is 0 Å². The molecule has 0 spiro atoms. The zero-order valence-electron chi connectivity index (χ0n) is 15.2. The number of halogens is 1. The minimum absolute atomic E-state index is 0.237. The molecule has 2 aromatic carbocycles. The third-order valence-electron chi connectivity index (χ3n) is 4.50. The maximum absolute atomic E-state index is 13.7. The standard InChI is InChI=1S/C20H24FN3OS/c1-15-3-6-17(13-19(15)21)22-20(26)23(2)14-16-4-7-18(8-5-16)24-9-11-25-12-10-24/h3-8,13H,9-12,14H2,1-2H3,(H,22,26). The molecule has 26 heavy (non-hydrogen) atoms. The summed E-state index contributed by atoms with van der Waals surface area (Å²) >= 11 is 5.43. The average molecular weight is 373 g/mol. The van der Waals surface area contributed by atoms with E-state index in [0.29, 0.717) is 22.9 Å². The molecule has 1 aliphatic rings. The van der Waals surface area contributed by atoms with Crippen LogP contribution in [0.5, 0.6) is 0 Å². The van der Waals surface area contributed by atoms with Crippen molar-refractivity contribution in [3.63, 3.8) is 0 Å². The Kier molecular flexibility index (Phi) is 6.06. The van der Waals surface area contributed by atoms with Gasteiger partial charge in [0.25, 0.3) is 0 Å². The Balaban J connectivity index is 1.57. The first-order valence-corrected chi connectivity index (χ1v) is 9.13. The van der Waals surface area contributed by atoms with E-state index in [9.17, 15) is 4.39 Å². The SMILES string of the molecule is Cc1ccc(NC(=S)N(C)Cc2ccc(N3CCOCC3)cc2)cc1F. The molecule has 4 nitrogen and oxygen atoms in total. The van der Waals surface area contributed by atoms with Crippen molar-refractivity contribution in [3.05, 3.63) is 59.4 Å². The highest BCUT2D eigenvalue weighted by Gasteiger charge is 2.12. The van der Waals surface area contributed by atoms with Crippen molar-refractivity contribution in [2.75, 3.05) is 43.6 Å². The van der Waals surface area contributed by atoms with Crippen LogP contribution in [0.25, 0.3) is 0 Å². The predicted molar refractivity (Wildman–Crippen MR) is 108 cm³/mol. The van der Waals surface area contributed by atoms with Crippen LogP contribution in [0.4, 0.5) is 15.8 Å². The van der Waals surface area contributed by atoms with Gasteiger partial charge in [-0.05, 0) is 54.5 Å². The number of thiocarbonyl (C=S) groups is 1. The van der Waals surface area contributed by atoms with E-state index < -0.39 is 0 Å². The van der Waals surface area contributed by atoms with Crippen LogP contribution in [0, 0.1) is 12.7 Å². The first kappa shape index (κ1) is 18.6. The minimum atomic E-state index is -0.237. The fraction of sp³-hybridized carbons (Fsp3) is 0.350. The fourth-order valence-electron chi connectivity index (χ4n) is 2.87. The van der Waals surface area contributed by atoms with Crippen molar-refractivity contribution < 1.29 is 9.13 Å². The lowest BCUT2D eigenvalue weighted by molar-refractivity contribution is 0.122. The number of morpholine rings is 1. The average Bonchev–Trinajstić information content (AvgIpc) is 2.66. The molecule has 0 amide bonds. The molecule has 1 fully saturated rings. The molecule has 1 heterocycles. The van der Waals surface area contributed by atoms with Gasteiger partial charge in [-0.3, -0.25) is 0 Å². The third-order valence-corrected chi connectivity index (χ3v) is 4.92. The van der Waals surface area contributed by atoms with E-state index in [2.05, 4.69) is 34.5 Å². The van der Waals surface area contributed by atoms with Crippen molar-refractivity contribution in [3.8, 4) is 0 Å². The summed E-state index contributed by atoms with van der Waals surface area (Å²) in [6.07, 6.45) is 0. The van der Waals surface area contributed by atoms with Crippen molar-refractivity contribution in [1.29, 1.82) is 0 Å². The topological polar surface area (TPSA) is 27.7 Å². The van der Waals surface area contributed by atoms with Crippen molar-refractivity contribution >= 4 is 28.7 Å². The molecule has 0 aliphatic carbocycles. The number of rotatable bonds is 4. The summed E-state index contributed by atoms with van der Waals surface area (Å²) < 4.78 is 19.1. The number of benzene rings is 2. The van der Waals surface area contributed by atoms with Crippen LogP contribution >= 0.6 is 12.2 Å². The molecule has 0 atom stereocenters. The number of anilines is 2. The molecule has 0 aromatic heterocycles. The van der Waals surface area contributed by atoms with Crippen LogP contribution < -0.4 is 10.2 Å². The zero-order chi connectivity index (χ0) is 18.5. The predicted octanol–water partition coefficient (Wildman–Crippen LogP) is 3.80. The Bertz CT molecular complexity index is 760. The van der Waals surface area contributed by atoms with Gasteiger partial charge in [-0.25, -0.2) is 4.39 Å². The van der Waals surface area contributed by atoms with E-state index in [0.717, 1.165) is 26.3 Å². The summed E-state index contributed by atoms with van der Waals surface area (Å²) in [6.45, 7) is 5.85. The van der Waals surface area contributed by atoms with E-state index in [1.54, 1.807) is 13.0 Å². The maximum Gasteiger partial charge on any atom is 0.173 e. The van der Waals surface area contributed by atoms with E-state index in [-0.39, 0.29) is 5.82 Å². The van der Waals surface area contributed by atoms with Crippen LogP contribution in [-0.2, 0) is 11.3 Å². The lowest BCUT2D eigenvalue weighted by Crippen LogP contribution is -2.36. The Morgan fingerprint density at radius 1 is 1.19 bits per heavy atom. The number of nitrogens with one attached hydrogen (secondary N) is 1. The maximum atomic E-state index is 13.7. The summed E-state index contributed by atoms with van der Waals surface area (Å²) in [5, 5.41) is 3.65. The Hall–Kier alpha value is -2.18. The fourth-order valence-corrected chi connectivity index (χ4v) is 3.05. The smallest absolute Gasteiger partial charge is 0.173 e. The zero-order valence-corrected chi connectivity index (χ0v) is 16.0. The molecule has 138 valence electrons. The summed E-state index contributed by atoms with van der Waals surface area (Å²) in [5.41, 5.74) is 3.67. The highest BCUT2D eigenvalue weighted by molar-refractivity contribution is 7.80. The first-order valence-electron chi connectivity index (χ1n) is 8.73. The number of nitrogens with zero attached hydrogens (tertiary/aromatic N) is 2. The third kappa shape index (κ3) is 4.71. The van der Waals surface area contributed by atoms with Gasteiger partial charge in [0.15, 0.2) is 5.11 Å². The van der Waals surface area contributed by atoms with Gasteiger partial charge in [0.05, 0.1) is 13.2 Å². The highest BCUT2D eigenvalue weighted by Crippen LogP contribution is 2.18. The molecule has 0 saturated carbocycles. The summed E-state index contributed by atoms with van der Waals surface area (Å²) in [5.74, 6) is -0.237. The van der Waals surface area contributed by atoms with Crippen molar-refractivity contribution in [1.82, 2.24) is 4.90 Å². The van der Waals surface area contributed by atoms with Crippen LogP contribution in [0.3, 0.4) is 0 Å². The largest absolute Gasteiger partial charge is 0.378 e. The van der Waals surface area contributed by atoms with E-state index in [1.165, 1.54) is 17.3 Å². The molecular weight excluding hydrogens is 349 g/mol. The number of aryl methyl sites for hydroxylation is 1. The molecule has 6 heteroatoms. The second-order valence-corrected chi connectivity index (χ2v) is 6.90. The van der Waals surface area contributed by atoms with Gasteiger partial charge in [0, 0.05) is 38.1 Å². The minimum Gasteiger partial charge on any atom is -0.378 e. The number of hydrogen-bond donors (Lipinski definition) is 1. The van der Waals surface area contributed by atoms with Gasteiger partial charge in [-0.15, -0.1) is 0 Å². The second kappa shape index (κ2) is 8.47. The second-order valence-electron chi connectivity index (χ2n) is 6.52. The number of ether oxygens (including phenoxy) is 1. The first-order chi connectivity index (χ1) is 12.5. The van der Waals surface area contributed by atoms with Crippen molar-refractivity contribution in [2.24, 2.45) is 0 Å². The van der Waals surface area contributed by atoms with Gasteiger partial charge in [0.2, 0.25) is 0 Å². The lowest BCUT2D eigenvalue weighted by Gasteiger charge is -2.29. The molecule has 0 bridgehead atoms. The van der Waals surface area contributed by atoms with Crippen LogP contribution in [0.15, 0.2) is 42.5 Å². The van der Waals surface area contributed by atoms with Gasteiger partial charge in [0.1, 0.15) is 5.82 Å². The molecule has 0 radical (unpaired) electrons. The van der Waals surface area contributed by atoms with Crippen molar-refractivity contribution in [2.45, 2.75) is 13.5 Å². The molecule has 3 rings (SSSR count). The summed E-state index contributed by atoms with van der Waals surface area (Å²) in [6, 6.07) is 13.6. The lowest BCUT2D eigenvalue weighted by atomic mass is 10.2. The van der Waals surface area contributed by atoms with E-state index in [4.69, 9.17) is 17.0 Å². The molecule has 1 aliphatic heterocycles. The Morgan fingerprint density at radius 2 is 1.88 bits per heavy atom. The Labute approximate surface area is 159 Å². The molecule has 0 unspecified atom stereocenters. The van der Waals surface area contributed by atoms with Gasteiger partial charge >= 0.3 is 0 Å². The normalized spacial score (nSPS) is 14.2. The van der Waals surface area contributed by atoms with Crippen LogP contribution in [0.2, 0.25) is 0 Å². The van der Waals surface area contributed by atoms with Gasteiger partial charge < -0.3 is 19.9 Å². The molecule has 2 aromatic rings. The number of hydrogen-bond acceptors (Lipinski definition) is 3. The monoisotopic (exact) mass is 373 g/mol. The molecule has 1 saturated heterocycles. The quantitative estimate of drug-likeness (QED) is 0.823. The Morgan fingerprint density at radius 3 is 2.54 bits per heavy atom. The van der Waals surface area contributed by atoms with Crippen LogP contribution in [0.1, 0.15) is 11.1 Å².